The standard InChI is InChI=1S/C14H18N2O2S/c1-9(10-5-6-19-8-10)15-13(17)11-7-12(16-18-11)14(2,3)4/h5-9H,1-4H3,(H,15,17)/t9-/m1/s1. The van der Waals surface area contributed by atoms with Gasteiger partial charge in [-0.25, -0.2) is 0 Å². The molecule has 4 nitrogen and oxygen atoms in total. The van der Waals surface area contributed by atoms with Crippen molar-refractivity contribution >= 4 is 17.2 Å². The minimum atomic E-state index is -0.235. The van der Waals surface area contributed by atoms with Crippen molar-refractivity contribution in [3.05, 3.63) is 39.9 Å². The highest BCUT2D eigenvalue weighted by Crippen LogP contribution is 2.22. The Bertz CT molecular complexity index is 552. The molecule has 0 saturated carbocycles. The zero-order chi connectivity index (χ0) is 14.0. The summed E-state index contributed by atoms with van der Waals surface area (Å²) in [6.07, 6.45) is 0. The maximum Gasteiger partial charge on any atom is 0.290 e. The van der Waals surface area contributed by atoms with Crippen molar-refractivity contribution in [2.75, 3.05) is 0 Å². The second-order valence-corrected chi connectivity index (χ2v) is 6.36. The third kappa shape index (κ3) is 3.23. The second kappa shape index (κ2) is 5.17. The lowest BCUT2D eigenvalue weighted by atomic mass is 9.92. The number of nitrogens with one attached hydrogen (secondary N) is 1. The normalized spacial score (nSPS) is 13.3. The number of amides is 1. The molecule has 1 atom stereocenters. The van der Waals surface area contributed by atoms with E-state index in [-0.39, 0.29) is 23.1 Å². The van der Waals surface area contributed by atoms with Gasteiger partial charge in [0.15, 0.2) is 0 Å². The van der Waals surface area contributed by atoms with E-state index >= 15 is 0 Å². The van der Waals surface area contributed by atoms with Crippen LogP contribution >= 0.6 is 11.3 Å². The van der Waals surface area contributed by atoms with Gasteiger partial charge in [0, 0.05) is 11.5 Å². The molecule has 0 aliphatic rings. The van der Waals surface area contributed by atoms with Crippen molar-refractivity contribution in [3.63, 3.8) is 0 Å². The molecule has 102 valence electrons. The van der Waals surface area contributed by atoms with Crippen molar-refractivity contribution in [1.29, 1.82) is 0 Å². The Morgan fingerprint density at radius 3 is 2.74 bits per heavy atom. The summed E-state index contributed by atoms with van der Waals surface area (Å²) in [6, 6.07) is 3.66. The van der Waals surface area contributed by atoms with Gasteiger partial charge >= 0.3 is 0 Å². The highest BCUT2D eigenvalue weighted by molar-refractivity contribution is 7.07. The van der Waals surface area contributed by atoms with E-state index in [9.17, 15) is 4.79 Å². The van der Waals surface area contributed by atoms with Crippen molar-refractivity contribution in [2.24, 2.45) is 0 Å². The van der Waals surface area contributed by atoms with Crippen LogP contribution < -0.4 is 5.32 Å². The van der Waals surface area contributed by atoms with Crippen molar-refractivity contribution in [2.45, 2.75) is 39.2 Å². The summed E-state index contributed by atoms with van der Waals surface area (Å²) >= 11 is 1.61. The van der Waals surface area contributed by atoms with Gasteiger partial charge in [-0.05, 0) is 29.3 Å². The molecule has 5 heteroatoms. The minimum Gasteiger partial charge on any atom is -0.351 e. The molecular weight excluding hydrogens is 260 g/mol. The summed E-state index contributed by atoms with van der Waals surface area (Å²) in [5.41, 5.74) is 1.75. The van der Waals surface area contributed by atoms with Crippen LogP contribution in [0.15, 0.2) is 27.4 Å². The summed E-state index contributed by atoms with van der Waals surface area (Å²) in [5, 5.41) is 10.9. The van der Waals surface area contributed by atoms with Crippen molar-refractivity contribution in [1.82, 2.24) is 10.5 Å². The highest BCUT2D eigenvalue weighted by Gasteiger charge is 2.22. The molecule has 0 radical (unpaired) electrons. The molecule has 2 rings (SSSR count). The van der Waals surface area contributed by atoms with E-state index in [4.69, 9.17) is 4.52 Å². The molecule has 1 amide bonds. The Hall–Kier alpha value is -1.62. The van der Waals surface area contributed by atoms with E-state index < -0.39 is 0 Å². The van der Waals surface area contributed by atoms with Crippen LogP contribution in [0.1, 0.15) is 55.5 Å². The molecular formula is C14H18N2O2S. The molecule has 0 aliphatic carbocycles. The summed E-state index contributed by atoms with van der Waals surface area (Å²) in [4.78, 5) is 12.0. The first-order valence-electron chi connectivity index (χ1n) is 6.18. The molecule has 0 saturated heterocycles. The molecule has 0 bridgehead atoms. The van der Waals surface area contributed by atoms with E-state index in [0.717, 1.165) is 11.3 Å². The van der Waals surface area contributed by atoms with Crippen LogP contribution in [0.25, 0.3) is 0 Å². The van der Waals surface area contributed by atoms with Crippen LogP contribution in [-0.2, 0) is 5.41 Å². The molecule has 19 heavy (non-hydrogen) atoms. The Kier molecular flexibility index (Phi) is 3.75. The van der Waals surface area contributed by atoms with Crippen LogP contribution in [0, 0.1) is 0 Å². The number of carbonyl (C=O) groups excluding carboxylic acids is 1. The van der Waals surface area contributed by atoms with Gasteiger partial charge in [-0.15, -0.1) is 0 Å². The molecule has 0 spiro atoms. The van der Waals surface area contributed by atoms with E-state index in [2.05, 4.69) is 10.5 Å². The number of thiophene rings is 1. The van der Waals surface area contributed by atoms with Gasteiger partial charge in [-0.3, -0.25) is 4.79 Å². The summed E-state index contributed by atoms with van der Waals surface area (Å²) in [7, 11) is 0. The fourth-order valence-electron chi connectivity index (χ4n) is 1.61. The van der Waals surface area contributed by atoms with Crippen LogP contribution in [0.3, 0.4) is 0 Å². The van der Waals surface area contributed by atoms with E-state index in [1.165, 1.54) is 0 Å². The first kappa shape index (κ1) is 13.8. The number of carbonyl (C=O) groups is 1. The molecule has 2 heterocycles. The van der Waals surface area contributed by atoms with Crippen LogP contribution in [0.2, 0.25) is 0 Å². The molecule has 0 aliphatic heterocycles. The quantitative estimate of drug-likeness (QED) is 0.934. The molecule has 0 unspecified atom stereocenters. The molecule has 0 aromatic carbocycles. The predicted molar refractivity (Wildman–Crippen MR) is 75.4 cm³/mol. The minimum absolute atomic E-state index is 0.0399. The summed E-state index contributed by atoms with van der Waals surface area (Å²) in [5.74, 6) is 0.0219. The van der Waals surface area contributed by atoms with Gasteiger partial charge < -0.3 is 9.84 Å². The van der Waals surface area contributed by atoms with Gasteiger partial charge in [0.1, 0.15) is 0 Å². The third-order valence-electron chi connectivity index (χ3n) is 2.89. The zero-order valence-corrected chi connectivity index (χ0v) is 12.4. The third-order valence-corrected chi connectivity index (χ3v) is 3.59. The zero-order valence-electron chi connectivity index (χ0n) is 11.6. The van der Waals surface area contributed by atoms with Gasteiger partial charge in [0.2, 0.25) is 5.76 Å². The Morgan fingerprint density at radius 1 is 1.47 bits per heavy atom. The number of hydrogen-bond donors (Lipinski definition) is 1. The predicted octanol–water partition coefficient (Wildman–Crippen LogP) is 3.52. The first-order valence-corrected chi connectivity index (χ1v) is 7.12. The number of aromatic nitrogens is 1. The Balaban J connectivity index is 2.06. The van der Waals surface area contributed by atoms with Crippen LogP contribution in [0.5, 0.6) is 0 Å². The molecule has 0 fully saturated rings. The summed E-state index contributed by atoms with van der Waals surface area (Å²) in [6.45, 7) is 8.03. The molecule has 1 N–H and O–H groups in total. The van der Waals surface area contributed by atoms with Crippen molar-refractivity contribution in [3.8, 4) is 0 Å². The molecule has 2 aromatic heterocycles. The smallest absolute Gasteiger partial charge is 0.290 e. The number of nitrogens with zero attached hydrogens (tertiary/aromatic N) is 1. The maximum atomic E-state index is 12.0. The Labute approximate surface area is 116 Å². The van der Waals surface area contributed by atoms with Gasteiger partial charge in [0.25, 0.3) is 5.91 Å². The van der Waals surface area contributed by atoms with Crippen LogP contribution in [-0.4, -0.2) is 11.1 Å². The number of rotatable bonds is 3. The van der Waals surface area contributed by atoms with Gasteiger partial charge in [-0.2, -0.15) is 11.3 Å². The number of hydrogen-bond acceptors (Lipinski definition) is 4. The first-order chi connectivity index (χ1) is 8.88. The van der Waals surface area contributed by atoms with Gasteiger partial charge in [-0.1, -0.05) is 25.9 Å². The average Bonchev–Trinajstić information content (AvgIpc) is 3.00. The maximum absolute atomic E-state index is 12.0. The average molecular weight is 278 g/mol. The lowest BCUT2D eigenvalue weighted by Gasteiger charge is -2.12. The fraction of sp³-hybridized carbons (Fsp3) is 0.429. The van der Waals surface area contributed by atoms with E-state index in [1.807, 2.05) is 44.5 Å². The fourth-order valence-corrected chi connectivity index (χ4v) is 2.36. The topological polar surface area (TPSA) is 55.1 Å². The van der Waals surface area contributed by atoms with E-state index in [1.54, 1.807) is 17.4 Å². The molecule has 2 aromatic rings. The lowest BCUT2D eigenvalue weighted by Crippen LogP contribution is -2.26. The highest BCUT2D eigenvalue weighted by atomic mass is 32.1. The van der Waals surface area contributed by atoms with Crippen molar-refractivity contribution < 1.29 is 9.32 Å². The van der Waals surface area contributed by atoms with E-state index in [0.29, 0.717) is 0 Å². The largest absolute Gasteiger partial charge is 0.351 e. The van der Waals surface area contributed by atoms with Crippen LogP contribution in [0.4, 0.5) is 0 Å². The van der Waals surface area contributed by atoms with Gasteiger partial charge in [0.05, 0.1) is 11.7 Å². The monoisotopic (exact) mass is 278 g/mol. The second-order valence-electron chi connectivity index (χ2n) is 5.58. The SMILES string of the molecule is C[C@@H](NC(=O)c1cc(C(C)(C)C)no1)c1ccsc1. The lowest BCUT2D eigenvalue weighted by molar-refractivity contribution is 0.0902. The summed E-state index contributed by atoms with van der Waals surface area (Å²) < 4.78 is 5.11. The Morgan fingerprint density at radius 2 is 2.21 bits per heavy atom.